The van der Waals surface area contributed by atoms with Gasteiger partial charge in [-0.15, -0.1) is 0 Å². The van der Waals surface area contributed by atoms with Crippen LogP contribution in [-0.2, 0) is 10.0 Å². The van der Waals surface area contributed by atoms with Gasteiger partial charge in [-0.3, -0.25) is 0 Å². The maximum Gasteiger partial charge on any atom is 0.240 e. The minimum absolute atomic E-state index is 0.280. The summed E-state index contributed by atoms with van der Waals surface area (Å²) in [5.41, 5.74) is 0. The van der Waals surface area contributed by atoms with Gasteiger partial charge in [0.05, 0.1) is 12.0 Å². The predicted octanol–water partition coefficient (Wildman–Crippen LogP) is 2.15. The van der Waals surface area contributed by atoms with Gasteiger partial charge >= 0.3 is 0 Å². The second-order valence-corrected chi connectivity index (χ2v) is 5.64. The number of hydrogen-bond donors (Lipinski definition) is 1. The second kappa shape index (κ2) is 4.96. The van der Waals surface area contributed by atoms with Crippen molar-refractivity contribution >= 4 is 20.8 Å². The quantitative estimate of drug-likeness (QED) is 0.921. The Morgan fingerprint density at radius 3 is 2.44 bits per heavy atom. The molecule has 0 saturated heterocycles. The highest BCUT2D eigenvalue weighted by atomic mass is 32.2. The van der Waals surface area contributed by atoms with Gasteiger partial charge in [0.25, 0.3) is 0 Å². The molecule has 2 aromatic rings. The highest BCUT2D eigenvalue weighted by Crippen LogP contribution is 2.23. The summed E-state index contributed by atoms with van der Waals surface area (Å²) in [5.74, 6) is 0.754. The van der Waals surface area contributed by atoms with Gasteiger partial charge in [-0.05, 0) is 35.0 Å². The Balaban J connectivity index is 2.52. The van der Waals surface area contributed by atoms with Gasteiger partial charge in [-0.2, -0.15) is 0 Å². The number of benzene rings is 2. The summed E-state index contributed by atoms with van der Waals surface area (Å²) in [6.07, 6.45) is 0. The van der Waals surface area contributed by atoms with Crippen molar-refractivity contribution in [3.05, 3.63) is 36.4 Å². The van der Waals surface area contributed by atoms with E-state index < -0.39 is 10.0 Å². The third-order valence-electron chi connectivity index (χ3n) is 2.66. The van der Waals surface area contributed by atoms with Gasteiger partial charge in [-0.1, -0.05) is 19.1 Å². The van der Waals surface area contributed by atoms with E-state index in [2.05, 4.69) is 4.72 Å². The maximum atomic E-state index is 11.9. The van der Waals surface area contributed by atoms with Gasteiger partial charge < -0.3 is 4.74 Å². The maximum absolute atomic E-state index is 11.9. The van der Waals surface area contributed by atoms with Crippen LogP contribution < -0.4 is 9.46 Å². The molecule has 5 heteroatoms. The van der Waals surface area contributed by atoms with E-state index in [1.165, 1.54) is 0 Å². The first-order valence-electron chi connectivity index (χ1n) is 5.64. The molecule has 0 amide bonds. The molecule has 2 aromatic carbocycles. The van der Waals surface area contributed by atoms with Crippen molar-refractivity contribution in [2.45, 2.75) is 11.8 Å². The van der Waals surface area contributed by atoms with Crippen LogP contribution in [0, 0.1) is 0 Å². The molecule has 18 heavy (non-hydrogen) atoms. The topological polar surface area (TPSA) is 55.4 Å². The van der Waals surface area contributed by atoms with Crippen molar-refractivity contribution in [1.29, 1.82) is 0 Å². The average molecular weight is 265 g/mol. The smallest absolute Gasteiger partial charge is 0.240 e. The molecule has 0 atom stereocenters. The SMILES string of the molecule is CCNS(=O)(=O)c1ccc2cc(OC)ccc2c1. The van der Waals surface area contributed by atoms with Crippen LogP contribution in [0.5, 0.6) is 5.75 Å². The van der Waals surface area contributed by atoms with Crippen LogP contribution in [-0.4, -0.2) is 22.1 Å². The van der Waals surface area contributed by atoms with Crippen molar-refractivity contribution in [3.63, 3.8) is 0 Å². The van der Waals surface area contributed by atoms with Crippen LogP contribution in [0.3, 0.4) is 0 Å². The molecule has 2 rings (SSSR count). The second-order valence-electron chi connectivity index (χ2n) is 3.88. The van der Waals surface area contributed by atoms with Crippen molar-refractivity contribution < 1.29 is 13.2 Å². The van der Waals surface area contributed by atoms with E-state index in [1.807, 2.05) is 18.2 Å². The normalized spacial score (nSPS) is 11.7. The van der Waals surface area contributed by atoms with E-state index in [-0.39, 0.29) is 4.90 Å². The summed E-state index contributed by atoms with van der Waals surface area (Å²) in [5, 5.41) is 1.82. The van der Waals surface area contributed by atoms with Crippen molar-refractivity contribution in [3.8, 4) is 5.75 Å². The Morgan fingerprint density at radius 2 is 1.78 bits per heavy atom. The lowest BCUT2D eigenvalue weighted by atomic mass is 10.1. The van der Waals surface area contributed by atoms with Gasteiger partial charge in [0, 0.05) is 6.54 Å². The molecule has 0 spiro atoms. The molecule has 0 bridgehead atoms. The lowest BCUT2D eigenvalue weighted by molar-refractivity contribution is 0.415. The Morgan fingerprint density at radius 1 is 1.11 bits per heavy atom. The monoisotopic (exact) mass is 265 g/mol. The summed E-state index contributed by atoms with van der Waals surface area (Å²) >= 11 is 0. The predicted molar refractivity (Wildman–Crippen MR) is 71.4 cm³/mol. The fourth-order valence-corrected chi connectivity index (χ4v) is 2.85. The first kappa shape index (κ1) is 12.9. The van der Waals surface area contributed by atoms with Crippen LogP contribution in [0.15, 0.2) is 41.3 Å². The molecule has 0 heterocycles. The number of methoxy groups -OCH3 is 1. The van der Waals surface area contributed by atoms with Crippen molar-refractivity contribution in [2.24, 2.45) is 0 Å². The first-order chi connectivity index (χ1) is 8.56. The van der Waals surface area contributed by atoms with Crippen LogP contribution >= 0.6 is 0 Å². The van der Waals surface area contributed by atoms with Crippen molar-refractivity contribution in [2.75, 3.05) is 13.7 Å². The number of rotatable bonds is 4. The molecule has 0 fully saturated rings. The average Bonchev–Trinajstić information content (AvgIpc) is 2.37. The van der Waals surface area contributed by atoms with Crippen LogP contribution in [0.1, 0.15) is 6.92 Å². The summed E-state index contributed by atoms with van der Waals surface area (Å²) in [4.78, 5) is 0.280. The molecule has 0 aliphatic rings. The molecule has 4 nitrogen and oxygen atoms in total. The number of sulfonamides is 1. The van der Waals surface area contributed by atoms with E-state index in [0.717, 1.165) is 16.5 Å². The minimum Gasteiger partial charge on any atom is -0.497 e. The molecule has 0 aliphatic heterocycles. The molecule has 0 aliphatic carbocycles. The van der Waals surface area contributed by atoms with E-state index in [9.17, 15) is 8.42 Å². The Labute approximate surface area is 107 Å². The van der Waals surface area contributed by atoms with Gasteiger partial charge in [-0.25, -0.2) is 13.1 Å². The van der Waals surface area contributed by atoms with Gasteiger partial charge in [0.1, 0.15) is 5.75 Å². The Hall–Kier alpha value is -1.59. The lowest BCUT2D eigenvalue weighted by Gasteiger charge is -2.07. The third kappa shape index (κ3) is 2.47. The number of hydrogen-bond acceptors (Lipinski definition) is 3. The zero-order valence-electron chi connectivity index (χ0n) is 10.3. The van der Waals surface area contributed by atoms with E-state index >= 15 is 0 Å². The zero-order chi connectivity index (χ0) is 13.2. The molecular weight excluding hydrogens is 250 g/mol. The number of nitrogens with one attached hydrogen (secondary N) is 1. The molecule has 0 aromatic heterocycles. The lowest BCUT2D eigenvalue weighted by Crippen LogP contribution is -2.22. The van der Waals surface area contributed by atoms with Crippen LogP contribution in [0.2, 0.25) is 0 Å². The molecular formula is C13H15NO3S. The van der Waals surface area contributed by atoms with Crippen LogP contribution in [0.4, 0.5) is 0 Å². The zero-order valence-corrected chi connectivity index (χ0v) is 11.1. The first-order valence-corrected chi connectivity index (χ1v) is 7.12. The minimum atomic E-state index is -3.40. The Kier molecular flexibility index (Phi) is 3.54. The van der Waals surface area contributed by atoms with Gasteiger partial charge in [0.2, 0.25) is 10.0 Å². The highest BCUT2D eigenvalue weighted by molar-refractivity contribution is 7.89. The fraction of sp³-hybridized carbons (Fsp3) is 0.231. The summed E-state index contributed by atoms with van der Waals surface area (Å²) in [6, 6.07) is 10.6. The summed E-state index contributed by atoms with van der Waals surface area (Å²) in [6.45, 7) is 2.13. The number of ether oxygens (including phenoxy) is 1. The summed E-state index contributed by atoms with van der Waals surface area (Å²) in [7, 11) is -1.80. The molecule has 96 valence electrons. The molecule has 1 N–H and O–H groups in total. The molecule has 0 saturated carbocycles. The summed E-state index contributed by atoms with van der Waals surface area (Å²) < 4.78 is 31.3. The third-order valence-corrected chi connectivity index (χ3v) is 4.21. The van der Waals surface area contributed by atoms with Crippen molar-refractivity contribution in [1.82, 2.24) is 4.72 Å². The van der Waals surface area contributed by atoms with E-state index in [4.69, 9.17) is 4.74 Å². The number of fused-ring (bicyclic) bond motifs is 1. The molecule has 0 unspecified atom stereocenters. The van der Waals surface area contributed by atoms with E-state index in [1.54, 1.807) is 32.2 Å². The van der Waals surface area contributed by atoms with E-state index in [0.29, 0.717) is 6.54 Å². The van der Waals surface area contributed by atoms with Crippen LogP contribution in [0.25, 0.3) is 10.8 Å². The van der Waals surface area contributed by atoms with Gasteiger partial charge in [0.15, 0.2) is 0 Å². The molecule has 0 radical (unpaired) electrons. The standard InChI is InChI=1S/C13H15NO3S/c1-3-14-18(15,16)13-7-5-10-8-12(17-2)6-4-11(10)9-13/h4-9,14H,3H2,1-2H3. The Bertz CT molecular complexity index is 665. The highest BCUT2D eigenvalue weighted by Gasteiger charge is 2.12. The largest absolute Gasteiger partial charge is 0.497 e. The fourth-order valence-electron chi connectivity index (χ4n) is 1.77.